The van der Waals surface area contributed by atoms with Crippen molar-refractivity contribution in [3.05, 3.63) is 0 Å². The zero-order chi connectivity index (χ0) is 34.5. The van der Waals surface area contributed by atoms with E-state index in [0.29, 0.717) is 32.6 Å². The standard InChI is InChI=1S/C33H55N7O6/c1-31(2,3)21(17-39-14-10-13-38(9)30(39)46)36-29(45)37-25(32(4,5)6)28(44)40-16-19-22(33(19,7)8)23(40)27(43)35-20(15-18-11-12-18)24(41)26(34)42/h18-23,25H,10-17H2,1-9H3,(H2,34,42)(H,35,43)(H2,36,37,45)/t19-,20?,21+,22-,23-,25+/m0/s1. The van der Waals surface area contributed by atoms with Crippen LogP contribution >= 0.6 is 0 Å². The molecule has 5 N–H and O–H groups in total. The number of rotatable bonds is 11. The summed E-state index contributed by atoms with van der Waals surface area (Å²) in [6.45, 7) is 17.6. The minimum absolute atomic E-state index is 0.0813. The Bertz CT molecular complexity index is 1250. The van der Waals surface area contributed by atoms with E-state index in [0.717, 1.165) is 19.3 Å². The molecule has 1 unspecified atom stereocenters. The highest BCUT2D eigenvalue weighted by Crippen LogP contribution is 2.65. The van der Waals surface area contributed by atoms with E-state index in [-0.39, 0.29) is 40.5 Å². The Kier molecular flexibility index (Phi) is 9.77. The molecule has 2 heterocycles. The number of hydrogen-bond acceptors (Lipinski definition) is 6. The first-order valence-electron chi connectivity index (χ1n) is 16.7. The lowest BCUT2D eigenvalue weighted by atomic mass is 9.84. The predicted molar refractivity (Wildman–Crippen MR) is 172 cm³/mol. The molecule has 2 aliphatic carbocycles. The maximum atomic E-state index is 14.3. The molecular weight excluding hydrogens is 590 g/mol. The van der Waals surface area contributed by atoms with Crippen LogP contribution in [0.25, 0.3) is 0 Å². The summed E-state index contributed by atoms with van der Waals surface area (Å²) in [4.78, 5) is 83.9. The SMILES string of the molecule is CN1CCCN(C[C@@H](NC(=O)N[C@H](C(=O)N2C[C@H]3[C@@H]([C@H]2C(=O)NC(CC2CC2)C(=O)C(N)=O)C3(C)C)C(C)(C)C)C(C)(C)C)C1=O. The second-order valence-corrected chi connectivity index (χ2v) is 16.7. The highest BCUT2D eigenvalue weighted by atomic mass is 16.2. The fraction of sp³-hybridized carbons (Fsp3) is 0.818. The summed E-state index contributed by atoms with van der Waals surface area (Å²) in [7, 11) is 1.76. The number of carbonyl (C=O) groups is 6. The van der Waals surface area contributed by atoms with Gasteiger partial charge in [0, 0.05) is 33.2 Å². The zero-order valence-electron chi connectivity index (χ0n) is 29.1. The Labute approximate surface area is 273 Å². The second kappa shape index (κ2) is 12.7. The van der Waals surface area contributed by atoms with Crippen molar-refractivity contribution >= 4 is 35.6 Å². The number of piperidine rings is 1. The first kappa shape index (κ1) is 35.5. The van der Waals surface area contributed by atoms with Crippen LogP contribution < -0.4 is 21.7 Å². The van der Waals surface area contributed by atoms with Crippen LogP contribution in [0.3, 0.4) is 0 Å². The quantitative estimate of drug-likeness (QED) is 0.249. The molecule has 4 fully saturated rings. The summed E-state index contributed by atoms with van der Waals surface area (Å²) >= 11 is 0. The molecule has 13 nitrogen and oxygen atoms in total. The van der Waals surface area contributed by atoms with Gasteiger partial charge >= 0.3 is 12.1 Å². The predicted octanol–water partition coefficient (Wildman–Crippen LogP) is 1.69. The van der Waals surface area contributed by atoms with Gasteiger partial charge in [0.05, 0.1) is 12.1 Å². The number of hydrogen-bond donors (Lipinski definition) is 4. The van der Waals surface area contributed by atoms with Gasteiger partial charge in [0.15, 0.2) is 0 Å². The molecule has 0 aromatic heterocycles. The van der Waals surface area contributed by atoms with Crippen LogP contribution in [-0.2, 0) is 19.2 Å². The maximum Gasteiger partial charge on any atom is 0.319 e. The van der Waals surface area contributed by atoms with E-state index in [9.17, 15) is 28.8 Å². The van der Waals surface area contributed by atoms with Crippen molar-refractivity contribution in [3.63, 3.8) is 0 Å². The zero-order valence-corrected chi connectivity index (χ0v) is 29.1. The molecule has 46 heavy (non-hydrogen) atoms. The lowest BCUT2D eigenvalue weighted by Crippen LogP contribution is -2.63. The van der Waals surface area contributed by atoms with E-state index in [1.165, 1.54) is 0 Å². The highest BCUT2D eigenvalue weighted by molar-refractivity contribution is 6.37. The van der Waals surface area contributed by atoms with Crippen LogP contribution in [0.4, 0.5) is 9.59 Å². The Morgan fingerprint density at radius 2 is 1.59 bits per heavy atom. The van der Waals surface area contributed by atoms with Crippen molar-refractivity contribution in [2.45, 2.75) is 105 Å². The molecule has 2 saturated heterocycles. The third kappa shape index (κ3) is 7.60. The number of fused-ring (bicyclic) bond motifs is 1. The molecule has 0 bridgehead atoms. The lowest BCUT2D eigenvalue weighted by Gasteiger charge is -2.41. The molecular formula is C33H55N7O6. The molecule has 4 aliphatic rings. The van der Waals surface area contributed by atoms with Crippen molar-refractivity contribution in [1.29, 1.82) is 0 Å². The summed E-state index contributed by atoms with van der Waals surface area (Å²) < 4.78 is 0. The van der Waals surface area contributed by atoms with Gasteiger partial charge in [0.2, 0.25) is 17.6 Å². The van der Waals surface area contributed by atoms with Crippen molar-refractivity contribution < 1.29 is 28.8 Å². The van der Waals surface area contributed by atoms with Gasteiger partial charge in [-0.1, -0.05) is 68.2 Å². The fourth-order valence-corrected chi connectivity index (χ4v) is 7.16. The molecule has 13 heteroatoms. The summed E-state index contributed by atoms with van der Waals surface area (Å²) in [5.41, 5.74) is 4.02. The third-order valence-corrected chi connectivity index (χ3v) is 10.6. The number of Topliss-reactive ketones (excluding diaryl/α,β-unsaturated/α-hetero) is 1. The van der Waals surface area contributed by atoms with Crippen molar-refractivity contribution in [1.82, 2.24) is 30.7 Å². The average molecular weight is 646 g/mol. The number of carbonyl (C=O) groups excluding carboxylic acids is 6. The number of likely N-dealkylation sites (tertiary alicyclic amines) is 1. The van der Waals surface area contributed by atoms with E-state index in [2.05, 4.69) is 29.8 Å². The van der Waals surface area contributed by atoms with Crippen LogP contribution in [0.15, 0.2) is 0 Å². The van der Waals surface area contributed by atoms with E-state index in [4.69, 9.17) is 5.73 Å². The van der Waals surface area contributed by atoms with E-state index >= 15 is 0 Å². The summed E-state index contributed by atoms with van der Waals surface area (Å²) in [5.74, 6) is -2.58. The van der Waals surface area contributed by atoms with Crippen molar-refractivity contribution in [2.24, 2.45) is 39.7 Å². The van der Waals surface area contributed by atoms with Gasteiger partial charge in [-0.25, -0.2) is 9.59 Å². The number of nitrogens with one attached hydrogen (secondary N) is 3. The van der Waals surface area contributed by atoms with E-state index < -0.39 is 53.2 Å². The Morgan fingerprint density at radius 1 is 0.957 bits per heavy atom. The Balaban J connectivity index is 1.51. The fourth-order valence-electron chi connectivity index (χ4n) is 7.16. The number of nitrogens with zero attached hydrogens (tertiary/aromatic N) is 3. The molecule has 0 spiro atoms. The number of primary amides is 1. The first-order valence-corrected chi connectivity index (χ1v) is 16.7. The van der Waals surface area contributed by atoms with Crippen LogP contribution in [-0.4, -0.2) is 108 Å². The van der Waals surface area contributed by atoms with E-state index in [1.54, 1.807) is 21.7 Å². The third-order valence-electron chi connectivity index (χ3n) is 10.6. The average Bonchev–Trinajstić information content (AvgIpc) is 3.78. The molecule has 6 atom stereocenters. The first-order chi connectivity index (χ1) is 21.1. The summed E-state index contributed by atoms with van der Waals surface area (Å²) in [6.07, 6.45) is 3.03. The molecule has 0 aromatic carbocycles. The normalized spacial score (nSPS) is 26.1. The lowest BCUT2D eigenvalue weighted by molar-refractivity contribution is -0.145. The summed E-state index contributed by atoms with van der Waals surface area (Å²) in [6, 6.07) is -3.87. The molecule has 4 rings (SSSR count). The number of amides is 7. The van der Waals surface area contributed by atoms with Gasteiger partial charge < -0.3 is 36.4 Å². The van der Waals surface area contributed by atoms with Crippen LogP contribution in [0, 0.1) is 34.0 Å². The van der Waals surface area contributed by atoms with Gasteiger partial charge in [-0.15, -0.1) is 0 Å². The number of urea groups is 2. The van der Waals surface area contributed by atoms with Gasteiger partial charge in [0.1, 0.15) is 12.1 Å². The molecule has 7 amide bonds. The molecule has 2 saturated carbocycles. The topological polar surface area (TPSA) is 174 Å². The van der Waals surface area contributed by atoms with Gasteiger partial charge in [-0.2, -0.15) is 0 Å². The van der Waals surface area contributed by atoms with Gasteiger partial charge in [0.25, 0.3) is 5.91 Å². The largest absolute Gasteiger partial charge is 0.363 e. The smallest absolute Gasteiger partial charge is 0.319 e. The summed E-state index contributed by atoms with van der Waals surface area (Å²) in [5, 5.41) is 8.72. The number of nitrogens with two attached hydrogens (primary N) is 1. The molecule has 2 aliphatic heterocycles. The highest BCUT2D eigenvalue weighted by Gasteiger charge is 2.70. The monoisotopic (exact) mass is 645 g/mol. The van der Waals surface area contributed by atoms with Crippen molar-refractivity contribution in [2.75, 3.05) is 33.2 Å². The minimum atomic E-state index is -1.09. The number of ketones is 1. The van der Waals surface area contributed by atoms with Crippen LogP contribution in [0.1, 0.15) is 81.1 Å². The maximum absolute atomic E-state index is 14.3. The van der Waals surface area contributed by atoms with Crippen molar-refractivity contribution in [3.8, 4) is 0 Å². The minimum Gasteiger partial charge on any atom is -0.363 e. The molecule has 0 aromatic rings. The van der Waals surface area contributed by atoms with Gasteiger partial charge in [-0.3, -0.25) is 19.2 Å². The van der Waals surface area contributed by atoms with Crippen LogP contribution in [0.2, 0.25) is 0 Å². The Hall–Kier alpha value is -3.38. The second-order valence-electron chi connectivity index (χ2n) is 16.7. The van der Waals surface area contributed by atoms with Crippen LogP contribution in [0.5, 0.6) is 0 Å². The Morgan fingerprint density at radius 3 is 2.13 bits per heavy atom. The van der Waals surface area contributed by atoms with E-state index in [1.807, 2.05) is 41.5 Å². The molecule has 0 radical (unpaired) electrons. The molecule has 258 valence electrons. The van der Waals surface area contributed by atoms with Gasteiger partial charge in [-0.05, 0) is 46.8 Å².